The third-order valence-corrected chi connectivity index (χ3v) is 3.70. The Morgan fingerprint density at radius 1 is 1.53 bits per heavy atom. The van der Waals surface area contributed by atoms with Crippen LogP contribution < -0.4 is 5.73 Å². The van der Waals surface area contributed by atoms with Crippen LogP contribution in [-0.2, 0) is 19.1 Å². The Bertz CT molecular complexity index is 363. The summed E-state index contributed by atoms with van der Waals surface area (Å²) in [5.41, 5.74) is 5.55. The Kier molecular flexibility index (Phi) is 6.10. The fraction of sp³-hybridized carbons (Fsp3) is 0.727. The van der Waals surface area contributed by atoms with Crippen LogP contribution in [0.15, 0.2) is 0 Å². The van der Waals surface area contributed by atoms with Crippen LogP contribution in [0.2, 0.25) is 0 Å². The minimum absolute atomic E-state index is 0.239. The molecule has 1 aliphatic rings. The molecule has 1 fully saturated rings. The van der Waals surface area contributed by atoms with Crippen molar-refractivity contribution in [2.45, 2.75) is 25.4 Å². The van der Waals surface area contributed by atoms with E-state index in [2.05, 4.69) is 0 Å². The van der Waals surface area contributed by atoms with E-state index >= 15 is 0 Å². The maximum atomic E-state index is 12.1. The molecule has 2 atom stereocenters. The van der Waals surface area contributed by atoms with Crippen LogP contribution in [0.3, 0.4) is 0 Å². The lowest BCUT2D eigenvalue weighted by Gasteiger charge is -2.35. The molecule has 1 aliphatic heterocycles. The van der Waals surface area contributed by atoms with Gasteiger partial charge < -0.3 is 20.5 Å². The van der Waals surface area contributed by atoms with E-state index in [0.717, 1.165) is 0 Å². The first kappa shape index (κ1) is 15.8. The number of carbonyl (C=O) groups is 3. The monoisotopic (exact) mass is 290 g/mol. The number of nitrogens with two attached hydrogens (primary N) is 1. The van der Waals surface area contributed by atoms with Crippen molar-refractivity contribution in [3.05, 3.63) is 0 Å². The van der Waals surface area contributed by atoms with Crippen LogP contribution >= 0.6 is 11.8 Å². The number of thioether (sulfide) groups is 1. The van der Waals surface area contributed by atoms with E-state index in [1.165, 1.54) is 4.90 Å². The topological polar surface area (TPSA) is 110 Å². The van der Waals surface area contributed by atoms with Crippen molar-refractivity contribution in [3.63, 3.8) is 0 Å². The predicted octanol–water partition coefficient (Wildman–Crippen LogP) is -0.704. The van der Waals surface area contributed by atoms with Crippen LogP contribution in [0, 0.1) is 0 Å². The van der Waals surface area contributed by atoms with Gasteiger partial charge in [0.25, 0.3) is 0 Å². The first-order valence-electron chi connectivity index (χ1n) is 5.99. The number of aliphatic carboxylic acids is 1. The van der Waals surface area contributed by atoms with Crippen LogP contribution in [0.4, 0.5) is 0 Å². The van der Waals surface area contributed by atoms with Gasteiger partial charge in [0.05, 0.1) is 19.1 Å². The van der Waals surface area contributed by atoms with Gasteiger partial charge in [-0.3, -0.25) is 9.59 Å². The quantitative estimate of drug-likeness (QED) is 0.644. The minimum atomic E-state index is -1.14. The van der Waals surface area contributed by atoms with Gasteiger partial charge in [-0.1, -0.05) is 0 Å². The van der Waals surface area contributed by atoms with Gasteiger partial charge in [-0.15, -0.1) is 0 Å². The van der Waals surface area contributed by atoms with Gasteiger partial charge >= 0.3 is 11.9 Å². The highest BCUT2D eigenvalue weighted by atomic mass is 32.2. The summed E-state index contributed by atoms with van der Waals surface area (Å²) in [6.07, 6.45) is -0.446. The number of carboxylic acid groups (broad SMARTS) is 1. The van der Waals surface area contributed by atoms with Crippen LogP contribution in [0.1, 0.15) is 13.3 Å². The van der Waals surface area contributed by atoms with Crippen molar-refractivity contribution in [1.82, 2.24) is 4.90 Å². The highest BCUT2D eigenvalue weighted by Gasteiger charge is 2.36. The zero-order valence-corrected chi connectivity index (χ0v) is 11.5. The number of hydrogen-bond donors (Lipinski definition) is 2. The molecule has 0 spiro atoms. The second-order valence-corrected chi connectivity index (χ2v) is 5.23. The first-order valence-corrected chi connectivity index (χ1v) is 7.15. The number of ether oxygens (including phenoxy) is 1. The van der Waals surface area contributed by atoms with Crippen molar-refractivity contribution in [1.29, 1.82) is 0 Å². The lowest BCUT2D eigenvalue weighted by Crippen LogP contribution is -2.55. The Hall–Kier alpha value is -1.28. The molecule has 3 N–H and O–H groups in total. The van der Waals surface area contributed by atoms with Crippen LogP contribution in [0.25, 0.3) is 0 Å². The molecule has 108 valence electrons. The summed E-state index contributed by atoms with van der Waals surface area (Å²) < 4.78 is 4.92. The SMILES string of the molecule is CCOC(=O)C1CSCCN1C(=O)C(N)CC(=O)O. The molecule has 8 heteroatoms. The molecule has 0 saturated carbocycles. The summed E-state index contributed by atoms with van der Waals surface area (Å²) in [5, 5.41) is 8.64. The fourth-order valence-corrected chi connectivity index (χ4v) is 2.82. The molecule has 1 saturated heterocycles. The lowest BCUT2D eigenvalue weighted by molar-refractivity contribution is -0.154. The highest BCUT2D eigenvalue weighted by Crippen LogP contribution is 2.18. The van der Waals surface area contributed by atoms with E-state index in [9.17, 15) is 14.4 Å². The van der Waals surface area contributed by atoms with Crippen molar-refractivity contribution in [2.24, 2.45) is 5.73 Å². The fourth-order valence-electron chi connectivity index (χ4n) is 1.79. The summed E-state index contributed by atoms with van der Waals surface area (Å²) in [6, 6.07) is -1.80. The lowest BCUT2D eigenvalue weighted by atomic mass is 10.1. The molecule has 0 aromatic rings. The number of hydrogen-bond acceptors (Lipinski definition) is 6. The van der Waals surface area contributed by atoms with Gasteiger partial charge in [0.15, 0.2) is 0 Å². The van der Waals surface area contributed by atoms with Crippen molar-refractivity contribution < 1.29 is 24.2 Å². The van der Waals surface area contributed by atoms with Crippen molar-refractivity contribution >= 4 is 29.6 Å². The Labute approximate surface area is 115 Å². The molecule has 7 nitrogen and oxygen atoms in total. The summed E-state index contributed by atoms with van der Waals surface area (Å²) in [7, 11) is 0. The number of amides is 1. The van der Waals surface area contributed by atoms with Gasteiger partial charge in [-0.25, -0.2) is 4.79 Å². The largest absolute Gasteiger partial charge is 0.481 e. The molecule has 1 rings (SSSR count). The molecule has 19 heavy (non-hydrogen) atoms. The number of nitrogens with zero attached hydrogens (tertiary/aromatic N) is 1. The van der Waals surface area contributed by atoms with E-state index in [4.69, 9.17) is 15.6 Å². The Morgan fingerprint density at radius 3 is 2.79 bits per heavy atom. The van der Waals surface area contributed by atoms with Gasteiger partial charge in [0.1, 0.15) is 6.04 Å². The van der Waals surface area contributed by atoms with Crippen molar-refractivity contribution in [2.75, 3.05) is 24.7 Å². The highest BCUT2D eigenvalue weighted by molar-refractivity contribution is 7.99. The summed E-state index contributed by atoms with van der Waals surface area (Å²) in [6.45, 7) is 2.31. The second-order valence-electron chi connectivity index (χ2n) is 4.08. The van der Waals surface area contributed by atoms with E-state index in [1.54, 1.807) is 18.7 Å². The average molecular weight is 290 g/mol. The van der Waals surface area contributed by atoms with E-state index in [-0.39, 0.29) is 6.61 Å². The first-order chi connectivity index (χ1) is 8.97. The third-order valence-electron chi connectivity index (χ3n) is 2.68. The maximum Gasteiger partial charge on any atom is 0.329 e. The molecule has 0 bridgehead atoms. The Morgan fingerprint density at radius 2 is 2.21 bits per heavy atom. The molecule has 0 aromatic heterocycles. The number of carboxylic acids is 1. The van der Waals surface area contributed by atoms with E-state index < -0.39 is 36.4 Å². The van der Waals surface area contributed by atoms with Gasteiger partial charge in [0.2, 0.25) is 5.91 Å². The zero-order valence-electron chi connectivity index (χ0n) is 10.7. The molecule has 1 amide bonds. The molecule has 2 unspecified atom stereocenters. The minimum Gasteiger partial charge on any atom is -0.481 e. The summed E-state index contributed by atoms with van der Waals surface area (Å²) in [5.74, 6) is -0.975. The molecule has 0 radical (unpaired) electrons. The van der Waals surface area contributed by atoms with E-state index in [0.29, 0.717) is 18.1 Å². The second kappa shape index (κ2) is 7.34. The van der Waals surface area contributed by atoms with E-state index in [1.807, 2.05) is 0 Å². The standard InChI is InChI=1S/C11H18N2O5S/c1-2-18-11(17)8-6-19-4-3-13(8)10(16)7(12)5-9(14)15/h7-8H,2-6,12H2,1H3,(H,14,15). The third kappa shape index (κ3) is 4.39. The van der Waals surface area contributed by atoms with Crippen molar-refractivity contribution in [3.8, 4) is 0 Å². The van der Waals surface area contributed by atoms with Gasteiger partial charge in [-0.2, -0.15) is 11.8 Å². The van der Waals surface area contributed by atoms with Gasteiger partial charge in [0, 0.05) is 18.1 Å². The number of esters is 1. The number of carbonyl (C=O) groups excluding carboxylic acids is 2. The summed E-state index contributed by atoms with van der Waals surface area (Å²) >= 11 is 1.55. The molecule has 0 aromatic carbocycles. The molecule has 0 aliphatic carbocycles. The smallest absolute Gasteiger partial charge is 0.329 e. The van der Waals surface area contributed by atoms with Crippen LogP contribution in [-0.4, -0.2) is 64.6 Å². The average Bonchev–Trinajstić information content (AvgIpc) is 2.37. The maximum absolute atomic E-state index is 12.1. The number of rotatable bonds is 5. The normalized spacial score (nSPS) is 20.7. The predicted molar refractivity (Wildman–Crippen MR) is 69.7 cm³/mol. The van der Waals surface area contributed by atoms with Crippen LogP contribution in [0.5, 0.6) is 0 Å². The molecular formula is C11H18N2O5S. The van der Waals surface area contributed by atoms with Gasteiger partial charge in [-0.05, 0) is 6.92 Å². The Balaban J connectivity index is 2.73. The summed E-state index contributed by atoms with van der Waals surface area (Å²) in [4.78, 5) is 35.7. The molecule has 1 heterocycles. The molecular weight excluding hydrogens is 272 g/mol. The zero-order chi connectivity index (χ0) is 14.4.